The zero-order valence-corrected chi connectivity index (χ0v) is 16.3. The number of nitrogens with two attached hydrogens (primary N) is 1. The summed E-state index contributed by atoms with van der Waals surface area (Å²) in [7, 11) is 0. The van der Waals surface area contributed by atoms with E-state index in [2.05, 4.69) is 22.2 Å². The van der Waals surface area contributed by atoms with E-state index in [1.165, 1.54) is 4.88 Å². The SMILES string of the molecule is CCc1sc(C(CN)NC(=O)C2=CN=C(c3ccc(Cl)cc3)C2)nc1C. The van der Waals surface area contributed by atoms with Crippen LogP contribution in [0.15, 0.2) is 41.0 Å². The fourth-order valence-corrected chi connectivity index (χ4v) is 3.98. The summed E-state index contributed by atoms with van der Waals surface area (Å²) in [6, 6.07) is 7.16. The van der Waals surface area contributed by atoms with E-state index >= 15 is 0 Å². The number of amides is 1. The van der Waals surface area contributed by atoms with Crippen molar-refractivity contribution in [1.29, 1.82) is 0 Å². The molecule has 26 heavy (non-hydrogen) atoms. The van der Waals surface area contributed by atoms with Gasteiger partial charge in [0.2, 0.25) is 5.91 Å². The molecule has 0 spiro atoms. The Morgan fingerprint density at radius 1 is 1.38 bits per heavy atom. The van der Waals surface area contributed by atoms with Gasteiger partial charge < -0.3 is 11.1 Å². The number of rotatable bonds is 6. The van der Waals surface area contributed by atoms with E-state index < -0.39 is 0 Å². The van der Waals surface area contributed by atoms with Gasteiger partial charge in [0.25, 0.3) is 0 Å². The number of nitrogens with one attached hydrogen (secondary N) is 1. The van der Waals surface area contributed by atoms with Gasteiger partial charge in [-0.1, -0.05) is 30.7 Å². The number of hydrogen-bond acceptors (Lipinski definition) is 5. The lowest BCUT2D eigenvalue weighted by atomic mass is 10.0. The molecule has 5 nitrogen and oxygen atoms in total. The number of nitrogens with zero attached hydrogens (tertiary/aromatic N) is 2. The van der Waals surface area contributed by atoms with Crippen molar-refractivity contribution in [2.45, 2.75) is 32.7 Å². The third-order valence-corrected chi connectivity index (χ3v) is 5.94. The molecule has 2 heterocycles. The number of carbonyl (C=O) groups excluding carboxylic acids is 1. The number of hydrogen-bond donors (Lipinski definition) is 2. The Morgan fingerprint density at radius 2 is 2.12 bits per heavy atom. The highest BCUT2D eigenvalue weighted by Crippen LogP contribution is 2.25. The smallest absolute Gasteiger partial charge is 0.249 e. The number of aliphatic imine (C=N–C) groups is 1. The second-order valence-electron chi connectivity index (χ2n) is 6.09. The first-order valence-corrected chi connectivity index (χ1v) is 9.70. The molecule has 1 aliphatic rings. The van der Waals surface area contributed by atoms with Gasteiger partial charge in [0.05, 0.1) is 17.4 Å². The van der Waals surface area contributed by atoms with Crippen LogP contribution in [0, 0.1) is 6.92 Å². The number of thiazole rings is 1. The summed E-state index contributed by atoms with van der Waals surface area (Å²) in [6.07, 6.45) is 3.04. The molecule has 7 heteroatoms. The van der Waals surface area contributed by atoms with Crippen LogP contribution in [0.1, 0.15) is 40.5 Å². The van der Waals surface area contributed by atoms with Gasteiger partial charge in [-0.2, -0.15) is 0 Å². The van der Waals surface area contributed by atoms with E-state index in [0.717, 1.165) is 28.4 Å². The number of aromatic nitrogens is 1. The molecule has 3 rings (SSSR count). The van der Waals surface area contributed by atoms with Gasteiger partial charge in [-0.25, -0.2) is 4.98 Å². The molecule has 3 N–H and O–H groups in total. The van der Waals surface area contributed by atoms with Crippen molar-refractivity contribution in [2.75, 3.05) is 6.54 Å². The second kappa shape index (κ2) is 8.12. The van der Waals surface area contributed by atoms with Gasteiger partial charge in [0.15, 0.2) is 0 Å². The van der Waals surface area contributed by atoms with Crippen molar-refractivity contribution in [1.82, 2.24) is 10.3 Å². The molecule has 0 fully saturated rings. The molecule has 1 aromatic carbocycles. The van der Waals surface area contributed by atoms with E-state index in [4.69, 9.17) is 17.3 Å². The standard InChI is InChI=1S/C19H21ClN4OS/c1-3-17-11(2)23-19(26-17)16(9-21)24-18(25)13-8-15(22-10-13)12-4-6-14(20)7-5-12/h4-7,10,16H,3,8-9,21H2,1-2H3,(H,24,25). The van der Waals surface area contributed by atoms with Crippen LogP contribution >= 0.6 is 22.9 Å². The molecule has 2 aromatic rings. The molecule has 1 unspecified atom stereocenters. The zero-order valence-electron chi connectivity index (χ0n) is 14.8. The molecule has 136 valence electrons. The lowest BCUT2D eigenvalue weighted by molar-refractivity contribution is -0.118. The van der Waals surface area contributed by atoms with Gasteiger partial charge in [-0.3, -0.25) is 9.79 Å². The Morgan fingerprint density at radius 3 is 2.73 bits per heavy atom. The summed E-state index contributed by atoms with van der Waals surface area (Å²) >= 11 is 7.53. The van der Waals surface area contributed by atoms with E-state index in [1.807, 2.05) is 31.2 Å². The first-order chi connectivity index (χ1) is 12.5. The topological polar surface area (TPSA) is 80.4 Å². The summed E-state index contributed by atoms with van der Waals surface area (Å²) in [4.78, 5) is 22.8. The Labute approximate surface area is 162 Å². The van der Waals surface area contributed by atoms with Crippen molar-refractivity contribution in [3.63, 3.8) is 0 Å². The average molecular weight is 389 g/mol. The van der Waals surface area contributed by atoms with Gasteiger partial charge in [-0.15, -0.1) is 11.3 Å². The van der Waals surface area contributed by atoms with E-state index in [9.17, 15) is 4.79 Å². The van der Waals surface area contributed by atoms with Crippen LogP contribution in [0.2, 0.25) is 5.02 Å². The van der Waals surface area contributed by atoms with Crippen molar-refractivity contribution < 1.29 is 4.79 Å². The largest absolute Gasteiger partial charge is 0.342 e. The van der Waals surface area contributed by atoms with E-state index in [0.29, 0.717) is 23.6 Å². The van der Waals surface area contributed by atoms with Crippen LogP contribution in [-0.2, 0) is 11.2 Å². The number of carbonyl (C=O) groups is 1. The van der Waals surface area contributed by atoms with Gasteiger partial charge in [-0.05, 0) is 31.0 Å². The average Bonchev–Trinajstić information content (AvgIpc) is 3.27. The molecule has 0 radical (unpaired) electrons. The molecule has 1 amide bonds. The Balaban J connectivity index is 1.65. The molecule has 0 saturated heterocycles. The van der Waals surface area contributed by atoms with Crippen LogP contribution in [0.4, 0.5) is 0 Å². The highest BCUT2D eigenvalue weighted by molar-refractivity contribution is 7.11. The molecule has 0 bridgehead atoms. The number of benzene rings is 1. The monoisotopic (exact) mass is 388 g/mol. The maximum Gasteiger partial charge on any atom is 0.249 e. The fraction of sp³-hybridized carbons (Fsp3) is 0.316. The summed E-state index contributed by atoms with van der Waals surface area (Å²) in [6.45, 7) is 4.39. The highest BCUT2D eigenvalue weighted by atomic mass is 35.5. The predicted molar refractivity (Wildman–Crippen MR) is 107 cm³/mol. The molecular formula is C19H21ClN4OS. The lowest BCUT2D eigenvalue weighted by Crippen LogP contribution is -2.34. The molecule has 0 aliphatic carbocycles. The Hall–Kier alpha value is -2.02. The van der Waals surface area contributed by atoms with Crippen LogP contribution in [-0.4, -0.2) is 23.1 Å². The minimum absolute atomic E-state index is 0.154. The van der Waals surface area contributed by atoms with Crippen molar-refractivity contribution in [3.05, 3.63) is 62.2 Å². The van der Waals surface area contributed by atoms with Crippen LogP contribution in [0.3, 0.4) is 0 Å². The first-order valence-electron chi connectivity index (χ1n) is 8.50. The third kappa shape index (κ3) is 4.03. The van der Waals surface area contributed by atoms with Crippen LogP contribution in [0.25, 0.3) is 0 Å². The number of aryl methyl sites for hydroxylation is 2. The fourth-order valence-electron chi connectivity index (χ4n) is 2.79. The molecule has 1 aromatic heterocycles. The van der Waals surface area contributed by atoms with Gasteiger partial charge in [0, 0.05) is 34.6 Å². The van der Waals surface area contributed by atoms with E-state index in [1.54, 1.807) is 17.5 Å². The summed E-state index contributed by atoms with van der Waals surface area (Å²) in [5.74, 6) is -0.154. The summed E-state index contributed by atoms with van der Waals surface area (Å²) in [5, 5.41) is 4.52. The Bertz CT molecular complexity index is 870. The lowest BCUT2D eigenvalue weighted by Gasteiger charge is -2.14. The summed E-state index contributed by atoms with van der Waals surface area (Å²) < 4.78 is 0. The van der Waals surface area contributed by atoms with Crippen molar-refractivity contribution in [2.24, 2.45) is 10.7 Å². The molecular weight excluding hydrogens is 368 g/mol. The maximum absolute atomic E-state index is 12.6. The predicted octanol–water partition coefficient (Wildman–Crippen LogP) is 3.56. The molecule has 1 atom stereocenters. The Kier molecular flexibility index (Phi) is 5.86. The molecule has 1 aliphatic heterocycles. The first kappa shape index (κ1) is 18.8. The van der Waals surface area contributed by atoms with Crippen LogP contribution < -0.4 is 11.1 Å². The zero-order chi connectivity index (χ0) is 18.7. The number of halogens is 1. The van der Waals surface area contributed by atoms with Crippen molar-refractivity contribution in [3.8, 4) is 0 Å². The van der Waals surface area contributed by atoms with Gasteiger partial charge in [0.1, 0.15) is 5.01 Å². The van der Waals surface area contributed by atoms with Crippen molar-refractivity contribution >= 4 is 34.6 Å². The second-order valence-corrected chi connectivity index (χ2v) is 7.64. The molecule has 0 saturated carbocycles. The van der Waals surface area contributed by atoms with Crippen LogP contribution in [0.5, 0.6) is 0 Å². The minimum atomic E-state index is -0.285. The van der Waals surface area contributed by atoms with E-state index in [-0.39, 0.29) is 11.9 Å². The van der Waals surface area contributed by atoms with Gasteiger partial charge >= 0.3 is 0 Å². The third-order valence-electron chi connectivity index (χ3n) is 4.27. The highest BCUT2D eigenvalue weighted by Gasteiger charge is 2.23. The summed E-state index contributed by atoms with van der Waals surface area (Å²) in [5.41, 5.74) is 9.33. The maximum atomic E-state index is 12.6. The normalized spacial score (nSPS) is 14.8. The minimum Gasteiger partial charge on any atom is -0.342 e. The quantitative estimate of drug-likeness (QED) is 0.793.